The predicted octanol–water partition coefficient (Wildman–Crippen LogP) is 2.93. The molecule has 2 N–H and O–H groups in total. The lowest BCUT2D eigenvalue weighted by atomic mass is 10.1. The van der Waals surface area contributed by atoms with Crippen molar-refractivity contribution in [3.8, 4) is 11.5 Å². The molecule has 0 amide bonds. The summed E-state index contributed by atoms with van der Waals surface area (Å²) < 4.78 is 16.5. The smallest absolute Gasteiger partial charge is 0.342 e. The molecule has 3 rings (SSSR count). The molecular weight excluding hydrogens is 382 g/mol. The summed E-state index contributed by atoms with van der Waals surface area (Å²) in [6, 6.07) is 0. The number of phenolic OH excluding ortho intramolecular Hbond substituents is 2. The van der Waals surface area contributed by atoms with Crippen molar-refractivity contribution in [2.45, 2.75) is 13.8 Å². The molecule has 1 saturated heterocycles. The molecule has 130 valence electrons. The van der Waals surface area contributed by atoms with Crippen LogP contribution in [0.25, 0.3) is 11.0 Å². The van der Waals surface area contributed by atoms with Crippen molar-refractivity contribution in [2.75, 3.05) is 37.8 Å². The SMILES string of the molecule is CCOC(=O)c1c(C)oc2c(N3CCOCC3)c(Br)c(O)c(O)c12. The Morgan fingerprint density at radius 2 is 1.96 bits per heavy atom. The molecular formula is C16H18BrNO6. The van der Waals surface area contributed by atoms with E-state index in [1.165, 1.54) is 0 Å². The number of carbonyl (C=O) groups excluding carboxylic acids is 1. The minimum Gasteiger partial charge on any atom is -0.504 e. The number of carbonyl (C=O) groups is 1. The molecule has 0 bridgehead atoms. The highest BCUT2D eigenvalue weighted by molar-refractivity contribution is 9.10. The van der Waals surface area contributed by atoms with Crippen LogP contribution in [0.15, 0.2) is 8.89 Å². The van der Waals surface area contributed by atoms with E-state index in [9.17, 15) is 15.0 Å². The number of furan rings is 1. The van der Waals surface area contributed by atoms with Crippen molar-refractivity contribution in [2.24, 2.45) is 0 Å². The fraction of sp³-hybridized carbons (Fsp3) is 0.438. The van der Waals surface area contributed by atoms with E-state index >= 15 is 0 Å². The number of aromatic hydroxyl groups is 2. The molecule has 0 spiro atoms. The number of hydrogen-bond donors (Lipinski definition) is 2. The topological polar surface area (TPSA) is 92.4 Å². The zero-order valence-electron chi connectivity index (χ0n) is 13.4. The number of morpholine rings is 1. The van der Waals surface area contributed by atoms with Crippen LogP contribution in [0.1, 0.15) is 23.0 Å². The Balaban J connectivity index is 2.29. The van der Waals surface area contributed by atoms with Crippen molar-refractivity contribution in [3.05, 3.63) is 15.8 Å². The Bertz CT molecular complexity index is 794. The maximum atomic E-state index is 12.3. The van der Waals surface area contributed by atoms with Gasteiger partial charge in [0.25, 0.3) is 0 Å². The summed E-state index contributed by atoms with van der Waals surface area (Å²) in [5, 5.41) is 20.9. The van der Waals surface area contributed by atoms with Crippen molar-refractivity contribution in [1.29, 1.82) is 0 Å². The molecule has 7 nitrogen and oxygen atoms in total. The Morgan fingerprint density at radius 1 is 1.29 bits per heavy atom. The van der Waals surface area contributed by atoms with E-state index in [1.807, 2.05) is 4.90 Å². The van der Waals surface area contributed by atoms with Gasteiger partial charge in [-0.1, -0.05) is 0 Å². The second kappa shape index (κ2) is 6.52. The van der Waals surface area contributed by atoms with Crippen LogP contribution in [-0.2, 0) is 9.47 Å². The zero-order valence-corrected chi connectivity index (χ0v) is 15.0. The predicted molar refractivity (Wildman–Crippen MR) is 91.0 cm³/mol. The first-order valence-electron chi connectivity index (χ1n) is 7.63. The van der Waals surface area contributed by atoms with E-state index in [4.69, 9.17) is 13.9 Å². The standard InChI is InChI=1S/C16H18BrNO6/c1-3-23-16(21)9-8(2)24-15-10(9)13(19)14(20)11(17)12(15)18-4-6-22-7-5-18/h19-20H,3-7H2,1-2H3. The van der Waals surface area contributed by atoms with Gasteiger partial charge in [0.05, 0.1) is 35.4 Å². The molecule has 1 aliphatic rings. The van der Waals surface area contributed by atoms with Gasteiger partial charge in [-0.05, 0) is 29.8 Å². The average molecular weight is 400 g/mol. The summed E-state index contributed by atoms with van der Waals surface area (Å²) >= 11 is 3.32. The van der Waals surface area contributed by atoms with Gasteiger partial charge < -0.3 is 29.0 Å². The third-order valence-electron chi connectivity index (χ3n) is 3.98. The first-order valence-corrected chi connectivity index (χ1v) is 8.42. The van der Waals surface area contributed by atoms with Crippen molar-refractivity contribution < 1.29 is 28.9 Å². The summed E-state index contributed by atoms with van der Waals surface area (Å²) in [5.41, 5.74) is 1.04. The third-order valence-corrected chi connectivity index (χ3v) is 4.73. The van der Waals surface area contributed by atoms with Crippen LogP contribution < -0.4 is 4.90 Å². The second-order valence-corrected chi connectivity index (χ2v) is 6.21. The molecule has 1 aromatic carbocycles. The van der Waals surface area contributed by atoms with Gasteiger partial charge in [-0.3, -0.25) is 0 Å². The van der Waals surface area contributed by atoms with Crippen molar-refractivity contribution in [3.63, 3.8) is 0 Å². The van der Waals surface area contributed by atoms with Crippen LogP contribution in [0.4, 0.5) is 5.69 Å². The number of esters is 1. The zero-order chi connectivity index (χ0) is 17.4. The molecule has 0 saturated carbocycles. The maximum Gasteiger partial charge on any atom is 0.342 e. The number of anilines is 1. The van der Waals surface area contributed by atoms with Crippen LogP contribution in [0.3, 0.4) is 0 Å². The summed E-state index contributed by atoms with van der Waals surface area (Å²) in [7, 11) is 0. The van der Waals surface area contributed by atoms with Crippen LogP contribution in [-0.4, -0.2) is 49.1 Å². The van der Waals surface area contributed by atoms with E-state index in [0.717, 1.165) is 0 Å². The molecule has 0 unspecified atom stereocenters. The van der Waals surface area contributed by atoms with Gasteiger partial charge in [0, 0.05) is 13.1 Å². The third kappa shape index (κ3) is 2.59. The molecule has 1 aliphatic heterocycles. The summed E-state index contributed by atoms with van der Waals surface area (Å²) in [5.74, 6) is -1.02. The van der Waals surface area contributed by atoms with Gasteiger partial charge >= 0.3 is 5.97 Å². The molecule has 8 heteroatoms. The van der Waals surface area contributed by atoms with E-state index in [0.29, 0.717) is 47.8 Å². The normalized spacial score (nSPS) is 15.0. The number of rotatable bonds is 3. The molecule has 1 fully saturated rings. The monoisotopic (exact) mass is 399 g/mol. The Morgan fingerprint density at radius 3 is 2.58 bits per heavy atom. The molecule has 0 radical (unpaired) electrons. The highest BCUT2D eigenvalue weighted by Gasteiger charge is 2.31. The fourth-order valence-corrected chi connectivity index (χ4v) is 3.51. The lowest BCUT2D eigenvalue weighted by Crippen LogP contribution is -2.36. The summed E-state index contributed by atoms with van der Waals surface area (Å²) in [4.78, 5) is 14.2. The van der Waals surface area contributed by atoms with Crippen LogP contribution >= 0.6 is 15.9 Å². The lowest BCUT2D eigenvalue weighted by Gasteiger charge is -2.30. The lowest BCUT2D eigenvalue weighted by molar-refractivity contribution is 0.0526. The highest BCUT2D eigenvalue weighted by atomic mass is 79.9. The van der Waals surface area contributed by atoms with E-state index in [2.05, 4.69) is 15.9 Å². The van der Waals surface area contributed by atoms with E-state index < -0.39 is 11.7 Å². The van der Waals surface area contributed by atoms with Gasteiger partial charge in [0.1, 0.15) is 11.3 Å². The van der Waals surface area contributed by atoms with E-state index in [1.54, 1.807) is 13.8 Å². The Kier molecular flexibility index (Phi) is 4.60. The molecule has 1 aromatic heterocycles. The van der Waals surface area contributed by atoms with Crippen LogP contribution in [0, 0.1) is 6.92 Å². The quantitative estimate of drug-likeness (QED) is 0.605. The fourth-order valence-electron chi connectivity index (χ4n) is 2.89. The largest absolute Gasteiger partial charge is 0.504 e. The number of fused-ring (bicyclic) bond motifs is 1. The van der Waals surface area contributed by atoms with Gasteiger partial charge in [0.2, 0.25) is 0 Å². The van der Waals surface area contributed by atoms with Gasteiger partial charge in [-0.25, -0.2) is 4.79 Å². The van der Waals surface area contributed by atoms with Gasteiger partial charge in [-0.15, -0.1) is 0 Å². The number of nitrogens with zero attached hydrogens (tertiary/aromatic N) is 1. The summed E-state index contributed by atoms with van der Waals surface area (Å²) in [6.45, 7) is 5.81. The van der Waals surface area contributed by atoms with E-state index in [-0.39, 0.29) is 23.3 Å². The summed E-state index contributed by atoms with van der Waals surface area (Å²) in [6.07, 6.45) is 0. The van der Waals surface area contributed by atoms with Crippen LogP contribution in [0.5, 0.6) is 11.5 Å². The molecule has 0 aliphatic carbocycles. The first kappa shape index (κ1) is 16.9. The Labute approximate surface area is 146 Å². The van der Waals surface area contributed by atoms with Crippen molar-refractivity contribution in [1.82, 2.24) is 0 Å². The average Bonchev–Trinajstić information content (AvgIpc) is 2.91. The van der Waals surface area contributed by atoms with Crippen LogP contribution in [0.2, 0.25) is 0 Å². The minimum atomic E-state index is -0.598. The number of halogens is 1. The van der Waals surface area contributed by atoms with Gasteiger partial charge in [0.15, 0.2) is 17.1 Å². The molecule has 2 aromatic rings. The second-order valence-electron chi connectivity index (χ2n) is 5.42. The number of ether oxygens (including phenoxy) is 2. The highest BCUT2D eigenvalue weighted by Crippen LogP contribution is 2.50. The van der Waals surface area contributed by atoms with Gasteiger partial charge in [-0.2, -0.15) is 0 Å². The number of aryl methyl sites for hydroxylation is 1. The number of hydrogen-bond acceptors (Lipinski definition) is 7. The Hall–Kier alpha value is -1.93. The number of benzene rings is 1. The maximum absolute atomic E-state index is 12.3. The molecule has 24 heavy (non-hydrogen) atoms. The number of phenols is 2. The molecule has 2 heterocycles. The van der Waals surface area contributed by atoms with Crippen molar-refractivity contribution >= 4 is 38.6 Å². The minimum absolute atomic E-state index is 0.127. The molecule has 0 atom stereocenters. The first-order chi connectivity index (χ1) is 11.5.